The zero-order chi connectivity index (χ0) is 17.8. The van der Waals surface area contributed by atoms with Crippen LogP contribution in [0.1, 0.15) is 21.3 Å². The first kappa shape index (κ1) is 17.2. The Kier molecular flexibility index (Phi) is 5.16. The summed E-state index contributed by atoms with van der Waals surface area (Å²) in [5.41, 5.74) is 1.03. The predicted molar refractivity (Wildman–Crippen MR) is 92.3 cm³/mol. The minimum atomic E-state index is -0.860. The molecule has 0 aliphatic carbocycles. The molecule has 1 aromatic carbocycles. The van der Waals surface area contributed by atoms with Gasteiger partial charge < -0.3 is 19.6 Å². The van der Waals surface area contributed by atoms with Crippen LogP contribution in [0, 0.1) is 5.82 Å². The smallest absolute Gasteiger partial charge is 0.251 e. The minimum Gasteiger partial charge on any atom is -0.494 e. The molecule has 1 unspecified atom stereocenters. The van der Waals surface area contributed by atoms with Gasteiger partial charge in [-0.2, -0.15) is 0 Å². The number of nitrogens with one attached hydrogen (secondary N) is 1. The van der Waals surface area contributed by atoms with Crippen molar-refractivity contribution in [2.75, 3.05) is 13.7 Å². The summed E-state index contributed by atoms with van der Waals surface area (Å²) in [6.07, 6.45) is 0.720. The van der Waals surface area contributed by atoms with Crippen molar-refractivity contribution in [3.63, 3.8) is 0 Å². The van der Waals surface area contributed by atoms with Gasteiger partial charge in [-0.1, -0.05) is 0 Å². The molecule has 5 nitrogen and oxygen atoms in total. The number of furan rings is 1. The molecule has 1 amide bonds. The van der Waals surface area contributed by atoms with Crippen LogP contribution in [0.15, 0.2) is 52.5 Å². The van der Waals surface area contributed by atoms with Crippen molar-refractivity contribution >= 4 is 17.2 Å². The Balaban J connectivity index is 1.61. The summed E-state index contributed by atoms with van der Waals surface area (Å²) in [5.74, 6) is -0.298. The van der Waals surface area contributed by atoms with Crippen LogP contribution in [0.4, 0.5) is 4.39 Å². The lowest BCUT2D eigenvalue weighted by Gasteiger charge is -2.11. The van der Waals surface area contributed by atoms with E-state index in [9.17, 15) is 14.3 Å². The molecule has 1 atom stereocenters. The van der Waals surface area contributed by atoms with Gasteiger partial charge in [0.2, 0.25) is 0 Å². The molecule has 130 valence electrons. The van der Waals surface area contributed by atoms with Crippen LogP contribution in [0.3, 0.4) is 0 Å². The lowest BCUT2D eigenvalue weighted by Crippen LogP contribution is -2.28. The number of benzene rings is 1. The van der Waals surface area contributed by atoms with Crippen molar-refractivity contribution in [3.05, 3.63) is 64.3 Å². The van der Waals surface area contributed by atoms with E-state index < -0.39 is 17.8 Å². The number of methoxy groups -OCH3 is 1. The number of ether oxygens (including phenoxy) is 1. The van der Waals surface area contributed by atoms with E-state index in [2.05, 4.69) is 5.32 Å². The van der Waals surface area contributed by atoms with Gasteiger partial charge in [-0.15, -0.1) is 11.3 Å². The second-order valence-electron chi connectivity index (χ2n) is 5.29. The fourth-order valence-electron chi connectivity index (χ4n) is 2.30. The Morgan fingerprint density at radius 3 is 2.92 bits per heavy atom. The average Bonchev–Trinajstić information content (AvgIpc) is 3.30. The fraction of sp³-hybridized carbons (Fsp3) is 0.167. The summed E-state index contributed by atoms with van der Waals surface area (Å²) in [4.78, 5) is 12.8. The predicted octanol–water partition coefficient (Wildman–Crippen LogP) is 3.62. The van der Waals surface area contributed by atoms with E-state index >= 15 is 0 Å². The molecule has 25 heavy (non-hydrogen) atoms. The molecular formula is C18H16FNO4S. The molecule has 0 radical (unpaired) electrons. The third-order valence-corrected chi connectivity index (χ3v) is 4.66. The van der Waals surface area contributed by atoms with E-state index in [1.54, 1.807) is 12.3 Å². The zero-order valence-electron chi connectivity index (χ0n) is 13.4. The molecule has 0 aliphatic heterocycles. The number of rotatable bonds is 6. The van der Waals surface area contributed by atoms with Crippen LogP contribution in [0.2, 0.25) is 0 Å². The van der Waals surface area contributed by atoms with Crippen LogP contribution in [-0.2, 0) is 0 Å². The molecule has 3 rings (SSSR count). The summed E-state index contributed by atoms with van der Waals surface area (Å²) in [5, 5.41) is 14.7. The molecular weight excluding hydrogens is 345 g/mol. The number of amides is 1. The molecule has 0 saturated carbocycles. The first-order valence-electron chi connectivity index (χ1n) is 7.50. The van der Waals surface area contributed by atoms with Gasteiger partial charge in [-0.3, -0.25) is 4.79 Å². The Hall–Kier alpha value is -2.64. The molecule has 7 heteroatoms. The highest BCUT2D eigenvalue weighted by Crippen LogP contribution is 2.29. The van der Waals surface area contributed by atoms with Gasteiger partial charge in [-0.05, 0) is 36.4 Å². The second-order valence-corrected chi connectivity index (χ2v) is 6.23. The Labute approximate surface area is 147 Å². The number of carbonyl (C=O) groups excluding carboxylic acids is 1. The molecule has 2 heterocycles. The quantitative estimate of drug-likeness (QED) is 0.703. The minimum absolute atomic E-state index is 0.0184. The highest BCUT2D eigenvalue weighted by Gasteiger charge is 2.15. The standard InChI is InChI=1S/C18H16FNO4S/c1-23-16-5-4-11(7-13(16)19)18(22)20-9-14(21)17-8-12(10-25-17)15-3-2-6-24-15/h2-8,10,14,21H,9H2,1H3,(H,20,22). The van der Waals surface area contributed by atoms with Crippen LogP contribution in [0.5, 0.6) is 5.75 Å². The SMILES string of the molecule is COc1ccc(C(=O)NCC(O)c2cc(-c3ccco3)cs2)cc1F. The molecule has 2 aromatic heterocycles. The first-order valence-corrected chi connectivity index (χ1v) is 8.38. The fourth-order valence-corrected chi connectivity index (χ4v) is 3.18. The lowest BCUT2D eigenvalue weighted by molar-refractivity contribution is 0.0917. The number of aliphatic hydroxyl groups is 1. The van der Waals surface area contributed by atoms with Crippen molar-refractivity contribution in [2.24, 2.45) is 0 Å². The highest BCUT2D eigenvalue weighted by molar-refractivity contribution is 7.10. The summed E-state index contributed by atoms with van der Waals surface area (Å²) in [6.45, 7) is 0.0184. The lowest BCUT2D eigenvalue weighted by atomic mass is 10.2. The first-order chi connectivity index (χ1) is 12.1. The third kappa shape index (κ3) is 3.89. The van der Waals surface area contributed by atoms with Crippen LogP contribution < -0.4 is 10.1 Å². The molecule has 2 N–H and O–H groups in total. The third-order valence-electron chi connectivity index (χ3n) is 3.62. The molecule has 0 spiro atoms. The summed E-state index contributed by atoms with van der Waals surface area (Å²) < 4.78 is 23.8. The van der Waals surface area contributed by atoms with Crippen molar-refractivity contribution in [2.45, 2.75) is 6.10 Å². The summed E-state index contributed by atoms with van der Waals surface area (Å²) in [6, 6.07) is 9.38. The van der Waals surface area contributed by atoms with E-state index in [0.717, 1.165) is 11.6 Å². The molecule has 0 fully saturated rings. The average molecular weight is 361 g/mol. The van der Waals surface area contributed by atoms with Crippen molar-refractivity contribution in [1.82, 2.24) is 5.32 Å². The van der Waals surface area contributed by atoms with Gasteiger partial charge in [0.1, 0.15) is 11.9 Å². The maximum atomic E-state index is 13.7. The van der Waals surface area contributed by atoms with Crippen molar-refractivity contribution in [1.29, 1.82) is 0 Å². The van der Waals surface area contributed by atoms with Gasteiger partial charge in [-0.25, -0.2) is 4.39 Å². The van der Waals surface area contributed by atoms with Gasteiger partial charge in [0, 0.05) is 27.9 Å². The van der Waals surface area contributed by atoms with Crippen LogP contribution >= 0.6 is 11.3 Å². The normalized spacial score (nSPS) is 12.0. The Morgan fingerprint density at radius 2 is 2.24 bits per heavy atom. The Bertz CT molecular complexity index is 860. The highest BCUT2D eigenvalue weighted by atomic mass is 32.1. The zero-order valence-corrected chi connectivity index (χ0v) is 14.2. The number of hydrogen-bond acceptors (Lipinski definition) is 5. The topological polar surface area (TPSA) is 71.7 Å². The summed E-state index contributed by atoms with van der Waals surface area (Å²) >= 11 is 1.37. The number of hydrogen-bond donors (Lipinski definition) is 2. The number of thiophene rings is 1. The number of carbonyl (C=O) groups is 1. The van der Waals surface area contributed by atoms with E-state index in [4.69, 9.17) is 9.15 Å². The maximum absolute atomic E-state index is 13.7. The molecule has 3 aromatic rings. The molecule has 0 aliphatic rings. The second kappa shape index (κ2) is 7.50. The largest absolute Gasteiger partial charge is 0.494 e. The Morgan fingerprint density at radius 1 is 1.40 bits per heavy atom. The van der Waals surface area contributed by atoms with Gasteiger partial charge in [0.05, 0.1) is 13.4 Å². The molecule has 0 bridgehead atoms. The van der Waals surface area contributed by atoms with Gasteiger partial charge in [0.25, 0.3) is 5.91 Å². The molecule has 0 saturated heterocycles. The van der Waals surface area contributed by atoms with Crippen molar-refractivity contribution < 1.29 is 23.4 Å². The van der Waals surface area contributed by atoms with Gasteiger partial charge in [0.15, 0.2) is 11.6 Å². The van der Waals surface area contributed by atoms with E-state index in [0.29, 0.717) is 10.6 Å². The number of halogens is 1. The van der Waals surface area contributed by atoms with Crippen LogP contribution in [-0.4, -0.2) is 24.7 Å². The van der Waals surface area contributed by atoms with E-state index in [1.165, 1.54) is 30.6 Å². The van der Waals surface area contributed by atoms with Gasteiger partial charge >= 0.3 is 0 Å². The van der Waals surface area contributed by atoms with E-state index in [-0.39, 0.29) is 17.9 Å². The maximum Gasteiger partial charge on any atom is 0.251 e. The number of aliphatic hydroxyl groups excluding tert-OH is 1. The van der Waals surface area contributed by atoms with Crippen molar-refractivity contribution in [3.8, 4) is 17.1 Å². The van der Waals surface area contributed by atoms with Crippen LogP contribution in [0.25, 0.3) is 11.3 Å². The monoisotopic (exact) mass is 361 g/mol. The van der Waals surface area contributed by atoms with E-state index in [1.807, 2.05) is 17.5 Å². The summed E-state index contributed by atoms with van der Waals surface area (Å²) in [7, 11) is 1.35.